The summed E-state index contributed by atoms with van der Waals surface area (Å²) in [7, 11) is 1.97. The summed E-state index contributed by atoms with van der Waals surface area (Å²) in [5.41, 5.74) is 4.54. The minimum atomic E-state index is -0.249. The molecule has 7 heteroatoms. The highest BCUT2D eigenvalue weighted by Crippen LogP contribution is 2.41. The number of piperidine rings is 1. The van der Waals surface area contributed by atoms with E-state index in [2.05, 4.69) is 52.9 Å². The molecule has 1 aromatic heterocycles. The SMILES string of the molecule is CC(NC1CCN(c2c(F)cccc2Cl)CC1)c1cn(C)nc1NCc1ccccc1C1CC1. The fraction of sp³-hybridized carbons (Fsp3) is 0.444. The summed E-state index contributed by atoms with van der Waals surface area (Å²) < 4.78 is 16.2. The molecule has 2 aliphatic rings. The van der Waals surface area contributed by atoms with Crippen molar-refractivity contribution < 1.29 is 4.39 Å². The molecule has 0 bridgehead atoms. The van der Waals surface area contributed by atoms with Crippen LogP contribution in [0, 0.1) is 5.82 Å². The summed E-state index contributed by atoms with van der Waals surface area (Å²) in [4.78, 5) is 2.06. The van der Waals surface area contributed by atoms with Crippen LogP contribution in [-0.4, -0.2) is 28.9 Å². The standard InChI is InChI=1S/C27H33ClFN5/c1-18(31-21-12-14-34(15-13-21)26-24(28)8-5-9-25(26)29)23-17-33(2)32-27(23)30-16-20-6-3-4-7-22(20)19-10-11-19/h3-9,17-19,21,31H,10-16H2,1-2H3,(H,30,32). The lowest BCUT2D eigenvalue weighted by molar-refractivity contribution is 0.379. The van der Waals surface area contributed by atoms with Crippen molar-refractivity contribution in [1.82, 2.24) is 15.1 Å². The summed E-state index contributed by atoms with van der Waals surface area (Å²) in [5.74, 6) is 1.41. The number of benzene rings is 2. The Morgan fingerprint density at radius 2 is 1.85 bits per heavy atom. The molecule has 0 spiro atoms. The van der Waals surface area contributed by atoms with Crippen LogP contribution in [0.5, 0.6) is 0 Å². The number of rotatable bonds is 8. The molecule has 2 heterocycles. The summed E-state index contributed by atoms with van der Waals surface area (Å²) in [6.45, 7) is 4.54. The second kappa shape index (κ2) is 9.96. The minimum Gasteiger partial charge on any atom is -0.368 e. The van der Waals surface area contributed by atoms with E-state index in [-0.39, 0.29) is 11.9 Å². The Hall–Kier alpha value is -2.57. The van der Waals surface area contributed by atoms with Crippen molar-refractivity contribution in [3.63, 3.8) is 0 Å². The number of hydrogen-bond donors (Lipinski definition) is 2. The normalized spacial score (nSPS) is 17.7. The molecule has 5 nitrogen and oxygen atoms in total. The topological polar surface area (TPSA) is 45.1 Å². The molecular weight excluding hydrogens is 449 g/mol. The minimum absolute atomic E-state index is 0.156. The van der Waals surface area contributed by atoms with E-state index >= 15 is 0 Å². The zero-order valence-electron chi connectivity index (χ0n) is 19.9. The van der Waals surface area contributed by atoms with Gasteiger partial charge in [-0.2, -0.15) is 5.10 Å². The van der Waals surface area contributed by atoms with Gasteiger partial charge in [0.1, 0.15) is 5.82 Å². The average molecular weight is 482 g/mol. The molecule has 2 fully saturated rings. The zero-order valence-corrected chi connectivity index (χ0v) is 20.7. The van der Waals surface area contributed by atoms with Crippen LogP contribution in [0.15, 0.2) is 48.7 Å². The molecule has 1 aliphatic heterocycles. The van der Waals surface area contributed by atoms with Crippen LogP contribution in [0.1, 0.15) is 61.3 Å². The van der Waals surface area contributed by atoms with Crippen LogP contribution in [-0.2, 0) is 13.6 Å². The predicted octanol–water partition coefficient (Wildman–Crippen LogP) is 6.02. The molecule has 34 heavy (non-hydrogen) atoms. The smallest absolute Gasteiger partial charge is 0.153 e. The second-order valence-corrected chi connectivity index (χ2v) is 10.1. The summed E-state index contributed by atoms with van der Waals surface area (Å²) in [5, 5.41) is 12.6. The van der Waals surface area contributed by atoms with Gasteiger partial charge in [0.05, 0.1) is 10.7 Å². The number of aromatic nitrogens is 2. The molecule has 5 rings (SSSR count). The monoisotopic (exact) mass is 481 g/mol. The molecule has 1 unspecified atom stereocenters. The molecule has 0 radical (unpaired) electrons. The van der Waals surface area contributed by atoms with Gasteiger partial charge in [-0.15, -0.1) is 0 Å². The zero-order chi connectivity index (χ0) is 23.7. The van der Waals surface area contributed by atoms with E-state index in [9.17, 15) is 4.39 Å². The van der Waals surface area contributed by atoms with Crippen LogP contribution in [0.3, 0.4) is 0 Å². The van der Waals surface area contributed by atoms with Crippen molar-refractivity contribution in [2.24, 2.45) is 7.05 Å². The predicted molar refractivity (Wildman–Crippen MR) is 137 cm³/mol. The maximum Gasteiger partial charge on any atom is 0.153 e. The first-order valence-corrected chi connectivity index (χ1v) is 12.7. The Bertz CT molecular complexity index is 1110. The van der Waals surface area contributed by atoms with E-state index in [1.807, 2.05) is 11.7 Å². The van der Waals surface area contributed by atoms with Crippen molar-refractivity contribution >= 4 is 23.1 Å². The molecule has 1 saturated carbocycles. The Kier molecular flexibility index (Phi) is 6.79. The van der Waals surface area contributed by atoms with Gasteiger partial charge in [-0.3, -0.25) is 4.68 Å². The molecule has 180 valence electrons. The first-order valence-electron chi connectivity index (χ1n) is 12.3. The number of hydrogen-bond acceptors (Lipinski definition) is 4. The molecule has 0 amide bonds. The van der Waals surface area contributed by atoms with Gasteiger partial charge in [-0.05, 0) is 61.8 Å². The van der Waals surface area contributed by atoms with Gasteiger partial charge in [0, 0.05) is 50.5 Å². The first-order chi connectivity index (χ1) is 16.5. The molecule has 2 N–H and O–H groups in total. The average Bonchev–Trinajstić information content (AvgIpc) is 3.60. The van der Waals surface area contributed by atoms with Crippen LogP contribution < -0.4 is 15.5 Å². The Labute approximate surface area is 206 Å². The van der Waals surface area contributed by atoms with E-state index in [0.29, 0.717) is 16.8 Å². The summed E-state index contributed by atoms with van der Waals surface area (Å²) in [6, 6.07) is 14.2. The van der Waals surface area contributed by atoms with Crippen LogP contribution in [0.25, 0.3) is 0 Å². The molecule has 3 aromatic rings. The highest BCUT2D eigenvalue weighted by molar-refractivity contribution is 6.33. The number of aryl methyl sites for hydroxylation is 1. The lowest BCUT2D eigenvalue weighted by Gasteiger charge is -2.35. The van der Waals surface area contributed by atoms with Crippen molar-refractivity contribution in [2.75, 3.05) is 23.3 Å². The van der Waals surface area contributed by atoms with Gasteiger partial charge in [-0.25, -0.2) is 4.39 Å². The Morgan fingerprint density at radius 1 is 1.09 bits per heavy atom. The van der Waals surface area contributed by atoms with Crippen molar-refractivity contribution in [3.05, 3.63) is 76.2 Å². The van der Waals surface area contributed by atoms with Crippen molar-refractivity contribution in [1.29, 1.82) is 0 Å². The fourth-order valence-corrected chi connectivity index (χ4v) is 5.41. The van der Waals surface area contributed by atoms with Crippen LogP contribution in [0.4, 0.5) is 15.9 Å². The third-order valence-corrected chi connectivity index (χ3v) is 7.38. The maximum absolute atomic E-state index is 14.3. The third kappa shape index (κ3) is 5.08. The van der Waals surface area contributed by atoms with E-state index in [1.165, 1.54) is 35.6 Å². The highest BCUT2D eigenvalue weighted by atomic mass is 35.5. The quantitative estimate of drug-likeness (QED) is 0.413. The molecular formula is C27H33ClFN5. The summed E-state index contributed by atoms with van der Waals surface area (Å²) in [6.07, 6.45) is 6.57. The first kappa shape index (κ1) is 23.2. The second-order valence-electron chi connectivity index (χ2n) is 9.65. The fourth-order valence-electron chi connectivity index (χ4n) is 5.13. The number of nitrogens with one attached hydrogen (secondary N) is 2. The van der Waals surface area contributed by atoms with Crippen molar-refractivity contribution in [3.8, 4) is 0 Å². The van der Waals surface area contributed by atoms with Gasteiger partial charge in [0.25, 0.3) is 0 Å². The van der Waals surface area contributed by atoms with Crippen molar-refractivity contribution in [2.45, 2.75) is 57.2 Å². The Morgan fingerprint density at radius 3 is 2.59 bits per heavy atom. The molecule has 1 atom stereocenters. The lowest BCUT2D eigenvalue weighted by atomic mass is 10.0. The molecule has 1 aliphatic carbocycles. The van der Waals surface area contributed by atoms with E-state index in [4.69, 9.17) is 16.7 Å². The van der Waals surface area contributed by atoms with Gasteiger partial charge >= 0.3 is 0 Å². The number of halogens is 2. The largest absolute Gasteiger partial charge is 0.368 e. The third-order valence-electron chi connectivity index (χ3n) is 7.08. The number of nitrogens with zero attached hydrogens (tertiary/aromatic N) is 3. The van der Waals surface area contributed by atoms with Crippen LogP contribution in [0.2, 0.25) is 5.02 Å². The highest BCUT2D eigenvalue weighted by Gasteiger charge is 2.27. The molecule has 1 saturated heterocycles. The van der Waals surface area contributed by atoms with E-state index in [1.54, 1.807) is 12.1 Å². The molecule has 2 aromatic carbocycles. The van der Waals surface area contributed by atoms with Gasteiger partial charge < -0.3 is 15.5 Å². The van der Waals surface area contributed by atoms with E-state index < -0.39 is 0 Å². The maximum atomic E-state index is 14.3. The number of anilines is 2. The lowest BCUT2D eigenvalue weighted by Crippen LogP contribution is -2.43. The van der Waals surface area contributed by atoms with Gasteiger partial charge in [0.2, 0.25) is 0 Å². The number of para-hydroxylation sites is 1. The van der Waals surface area contributed by atoms with Gasteiger partial charge in [-0.1, -0.05) is 41.9 Å². The summed E-state index contributed by atoms with van der Waals surface area (Å²) >= 11 is 6.27. The Balaban J connectivity index is 1.20. The van der Waals surface area contributed by atoms with Crippen LogP contribution >= 0.6 is 11.6 Å². The van der Waals surface area contributed by atoms with Gasteiger partial charge in [0.15, 0.2) is 5.82 Å². The van der Waals surface area contributed by atoms with E-state index in [0.717, 1.165) is 44.2 Å².